The molecule has 0 spiro atoms. The number of sulfonamides is 1. The van der Waals surface area contributed by atoms with E-state index in [2.05, 4.69) is 0 Å². The minimum atomic E-state index is -3.67. The third-order valence-electron chi connectivity index (χ3n) is 1.99. The number of unbranched alkanes of at least 4 members (excludes halogenated alkanes) is 1. The lowest BCUT2D eigenvalue weighted by Gasteiger charge is -2.08. The van der Waals surface area contributed by atoms with Crippen molar-refractivity contribution in [3.8, 4) is 0 Å². The van der Waals surface area contributed by atoms with Crippen molar-refractivity contribution in [2.24, 2.45) is 0 Å². The van der Waals surface area contributed by atoms with Gasteiger partial charge in [0.25, 0.3) is 0 Å². The molecule has 0 aliphatic carbocycles. The molecule has 16 heavy (non-hydrogen) atoms. The fourth-order valence-corrected chi connectivity index (χ4v) is 2.41. The molecule has 0 saturated heterocycles. The molecule has 1 N–H and O–H groups in total. The van der Waals surface area contributed by atoms with Gasteiger partial charge in [0.1, 0.15) is 17.3 Å². The smallest absolute Gasteiger partial charge is 0.232 e. The summed E-state index contributed by atoms with van der Waals surface area (Å²) in [6.07, 6.45) is 1.14. The minimum Gasteiger partial charge on any atom is -0.278 e. The molecule has 0 aliphatic heterocycles. The standard InChI is InChI=1S/C10H13F2NO2S/c1-2-3-7-16(14,15)13-10-8(11)5-4-6-9(10)12/h4-6,13H,2-3,7H2,1H3. The van der Waals surface area contributed by atoms with Crippen LogP contribution < -0.4 is 4.72 Å². The van der Waals surface area contributed by atoms with Crippen LogP contribution in [0.3, 0.4) is 0 Å². The van der Waals surface area contributed by atoms with E-state index < -0.39 is 27.3 Å². The number of anilines is 1. The van der Waals surface area contributed by atoms with Gasteiger partial charge in [-0.05, 0) is 18.6 Å². The maximum Gasteiger partial charge on any atom is 0.232 e. The minimum absolute atomic E-state index is 0.142. The summed E-state index contributed by atoms with van der Waals surface area (Å²) < 4.78 is 51.0. The maximum absolute atomic E-state index is 13.1. The summed E-state index contributed by atoms with van der Waals surface area (Å²) in [5, 5.41) is 0. The normalized spacial score (nSPS) is 11.4. The summed E-state index contributed by atoms with van der Waals surface area (Å²) in [5.74, 6) is -1.97. The Morgan fingerprint density at radius 1 is 1.25 bits per heavy atom. The molecular formula is C10H13F2NO2S. The number of hydrogen-bond acceptors (Lipinski definition) is 2. The number of rotatable bonds is 5. The zero-order chi connectivity index (χ0) is 12.2. The lowest BCUT2D eigenvalue weighted by molar-refractivity contribution is 0.581. The molecule has 0 saturated carbocycles. The molecule has 90 valence electrons. The van der Waals surface area contributed by atoms with Crippen molar-refractivity contribution in [1.29, 1.82) is 0 Å². The second kappa shape index (κ2) is 5.25. The predicted octanol–water partition coefficient (Wildman–Crippen LogP) is 2.51. The van der Waals surface area contributed by atoms with Gasteiger partial charge in [0.2, 0.25) is 10.0 Å². The fraction of sp³-hybridized carbons (Fsp3) is 0.400. The van der Waals surface area contributed by atoms with E-state index in [9.17, 15) is 17.2 Å². The first-order chi connectivity index (χ1) is 7.46. The SMILES string of the molecule is CCCCS(=O)(=O)Nc1c(F)cccc1F. The molecular weight excluding hydrogens is 236 g/mol. The second-order valence-electron chi connectivity index (χ2n) is 3.37. The van der Waals surface area contributed by atoms with E-state index in [0.29, 0.717) is 12.8 Å². The first-order valence-corrected chi connectivity index (χ1v) is 6.56. The summed E-state index contributed by atoms with van der Waals surface area (Å²) in [5.41, 5.74) is -0.612. The lowest BCUT2D eigenvalue weighted by atomic mass is 10.3. The largest absolute Gasteiger partial charge is 0.278 e. The highest BCUT2D eigenvalue weighted by atomic mass is 32.2. The van der Waals surface area contributed by atoms with Crippen molar-refractivity contribution in [1.82, 2.24) is 0 Å². The highest BCUT2D eigenvalue weighted by Gasteiger charge is 2.15. The van der Waals surface area contributed by atoms with Crippen LogP contribution >= 0.6 is 0 Å². The van der Waals surface area contributed by atoms with Crippen LogP contribution in [-0.2, 0) is 10.0 Å². The molecule has 6 heteroatoms. The van der Waals surface area contributed by atoms with Gasteiger partial charge in [-0.2, -0.15) is 0 Å². The molecule has 0 amide bonds. The Morgan fingerprint density at radius 3 is 2.31 bits per heavy atom. The van der Waals surface area contributed by atoms with E-state index in [1.807, 2.05) is 11.6 Å². The Kier molecular flexibility index (Phi) is 4.23. The van der Waals surface area contributed by atoms with Gasteiger partial charge in [-0.1, -0.05) is 19.4 Å². The number of nitrogens with one attached hydrogen (secondary N) is 1. The second-order valence-corrected chi connectivity index (χ2v) is 5.21. The van der Waals surface area contributed by atoms with Gasteiger partial charge in [-0.25, -0.2) is 17.2 Å². The molecule has 3 nitrogen and oxygen atoms in total. The number of para-hydroxylation sites is 1. The number of benzene rings is 1. The van der Waals surface area contributed by atoms with E-state index in [-0.39, 0.29) is 5.75 Å². The molecule has 1 rings (SSSR count). The molecule has 0 radical (unpaired) electrons. The molecule has 0 atom stereocenters. The van der Waals surface area contributed by atoms with Gasteiger partial charge in [-0.15, -0.1) is 0 Å². The Hall–Kier alpha value is -1.17. The highest BCUT2D eigenvalue weighted by molar-refractivity contribution is 7.92. The number of halogens is 2. The van der Waals surface area contributed by atoms with Crippen LogP contribution in [0, 0.1) is 11.6 Å². The summed E-state index contributed by atoms with van der Waals surface area (Å²) in [6, 6.07) is 3.18. The quantitative estimate of drug-likeness (QED) is 0.871. The van der Waals surface area contributed by atoms with E-state index in [0.717, 1.165) is 12.1 Å². The first-order valence-electron chi connectivity index (χ1n) is 4.91. The molecule has 0 aromatic heterocycles. The zero-order valence-corrected chi connectivity index (χ0v) is 9.65. The van der Waals surface area contributed by atoms with Gasteiger partial charge in [0.05, 0.1) is 5.75 Å². The molecule has 1 aromatic carbocycles. The van der Waals surface area contributed by atoms with Crippen molar-refractivity contribution < 1.29 is 17.2 Å². The Labute approximate surface area is 93.5 Å². The van der Waals surface area contributed by atoms with E-state index in [4.69, 9.17) is 0 Å². The van der Waals surface area contributed by atoms with Crippen LogP contribution in [0.4, 0.5) is 14.5 Å². The van der Waals surface area contributed by atoms with E-state index in [1.165, 1.54) is 6.07 Å². The molecule has 0 unspecified atom stereocenters. The molecule has 1 aromatic rings. The van der Waals surface area contributed by atoms with Crippen LogP contribution in [0.25, 0.3) is 0 Å². The molecule has 0 aliphatic rings. The van der Waals surface area contributed by atoms with Crippen LogP contribution in [0.5, 0.6) is 0 Å². The van der Waals surface area contributed by atoms with Gasteiger partial charge in [0, 0.05) is 0 Å². The van der Waals surface area contributed by atoms with E-state index in [1.54, 1.807) is 0 Å². The monoisotopic (exact) mass is 249 g/mol. The van der Waals surface area contributed by atoms with Crippen molar-refractivity contribution in [3.63, 3.8) is 0 Å². The number of hydrogen-bond donors (Lipinski definition) is 1. The lowest BCUT2D eigenvalue weighted by Crippen LogP contribution is -2.18. The summed E-state index contributed by atoms with van der Waals surface area (Å²) in [4.78, 5) is 0. The van der Waals surface area contributed by atoms with Crippen molar-refractivity contribution in [2.45, 2.75) is 19.8 Å². The zero-order valence-electron chi connectivity index (χ0n) is 8.83. The van der Waals surface area contributed by atoms with Gasteiger partial charge in [0.15, 0.2) is 0 Å². The van der Waals surface area contributed by atoms with Crippen molar-refractivity contribution in [2.75, 3.05) is 10.5 Å². The van der Waals surface area contributed by atoms with Crippen LogP contribution in [0.1, 0.15) is 19.8 Å². The van der Waals surface area contributed by atoms with Gasteiger partial charge < -0.3 is 0 Å². The van der Waals surface area contributed by atoms with Crippen molar-refractivity contribution >= 4 is 15.7 Å². The average Bonchev–Trinajstić information content (AvgIpc) is 2.21. The summed E-state index contributed by atoms with van der Waals surface area (Å²) in [6.45, 7) is 1.83. The third-order valence-corrected chi connectivity index (χ3v) is 3.33. The fourth-order valence-electron chi connectivity index (χ4n) is 1.14. The van der Waals surface area contributed by atoms with Gasteiger partial charge in [-0.3, -0.25) is 4.72 Å². The average molecular weight is 249 g/mol. The first kappa shape index (κ1) is 12.9. The summed E-state index contributed by atoms with van der Waals surface area (Å²) >= 11 is 0. The third kappa shape index (κ3) is 3.44. The van der Waals surface area contributed by atoms with Crippen molar-refractivity contribution in [3.05, 3.63) is 29.8 Å². The Bertz CT molecular complexity index is 440. The van der Waals surface area contributed by atoms with E-state index >= 15 is 0 Å². The van der Waals surface area contributed by atoms with Gasteiger partial charge >= 0.3 is 0 Å². The molecule has 0 bridgehead atoms. The topological polar surface area (TPSA) is 46.2 Å². The van der Waals surface area contributed by atoms with Crippen LogP contribution in [0.15, 0.2) is 18.2 Å². The van der Waals surface area contributed by atoms with Crippen LogP contribution in [0.2, 0.25) is 0 Å². The highest BCUT2D eigenvalue weighted by Crippen LogP contribution is 2.19. The predicted molar refractivity (Wildman–Crippen MR) is 58.7 cm³/mol. The Balaban J connectivity index is 2.88. The summed E-state index contributed by atoms with van der Waals surface area (Å²) in [7, 11) is -3.67. The molecule has 0 heterocycles. The maximum atomic E-state index is 13.1. The molecule has 0 fully saturated rings. The Morgan fingerprint density at radius 2 is 1.81 bits per heavy atom. The van der Waals surface area contributed by atoms with Crippen LogP contribution in [-0.4, -0.2) is 14.2 Å².